The highest BCUT2D eigenvalue weighted by Crippen LogP contribution is 2.25. The normalized spacial score (nSPS) is 10.9. The van der Waals surface area contributed by atoms with Gasteiger partial charge in [0, 0.05) is 6.54 Å². The average Bonchev–Trinajstić information content (AvgIpc) is 2.33. The quantitative estimate of drug-likeness (QED) is 0.712. The van der Waals surface area contributed by atoms with Gasteiger partial charge < -0.3 is 10.1 Å². The molecular formula is C15H24ClNO. The number of rotatable bonds is 8. The lowest BCUT2D eigenvalue weighted by molar-refractivity contribution is 0.317. The van der Waals surface area contributed by atoms with Crippen LogP contribution in [0.2, 0.25) is 5.02 Å². The lowest BCUT2D eigenvalue weighted by atomic mass is 10.1. The van der Waals surface area contributed by atoms with Crippen LogP contribution >= 0.6 is 11.6 Å². The maximum atomic E-state index is 6.18. The molecule has 3 heteroatoms. The fourth-order valence-corrected chi connectivity index (χ4v) is 1.86. The monoisotopic (exact) mass is 269 g/mol. The van der Waals surface area contributed by atoms with Crippen LogP contribution in [-0.2, 0) is 6.54 Å². The molecule has 0 aliphatic rings. The van der Waals surface area contributed by atoms with Crippen LogP contribution in [0, 0.1) is 5.92 Å². The molecule has 0 saturated carbocycles. The van der Waals surface area contributed by atoms with E-state index in [0.717, 1.165) is 31.2 Å². The average molecular weight is 270 g/mol. The number of hydrogen-bond acceptors (Lipinski definition) is 2. The molecule has 102 valence electrons. The van der Waals surface area contributed by atoms with Gasteiger partial charge in [-0.2, -0.15) is 0 Å². The van der Waals surface area contributed by atoms with Crippen LogP contribution in [0.4, 0.5) is 0 Å². The number of halogens is 1. The second-order valence-corrected chi connectivity index (χ2v) is 5.38. The number of benzene rings is 1. The summed E-state index contributed by atoms with van der Waals surface area (Å²) in [6.45, 7) is 9.17. The third kappa shape index (κ3) is 5.74. The van der Waals surface area contributed by atoms with Crippen molar-refractivity contribution in [3.63, 3.8) is 0 Å². The van der Waals surface area contributed by atoms with Gasteiger partial charge in [0.2, 0.25) is 0 Å². The van der Waals surface area contributed by atoms with Crippen molar-refractivity contribution in [2.75, 3.05) is 13.2 Å². The Morgan fingerprint density at radius 2 is 2.11 bits per heavy atom. The highest BCUT2D eigenvalue weighted by Gasteiger charge is 2.03. The Morgan fingerprint density at radius 3 is 2.72 bits per heavy atom. The maximum Gasteiger partial charge on any atom is 0.137 e. The summed E-state index contributed by atoms with van der Waals surface area (Å²) in [6.07, 6.45) is 2.19. The zero-order valence-electron chi connectivity index (χ0n) is 11.6. The fourth-order valence-electron chi connectivity index (χ4n) is 1.61. The van der Waals surface area contributed by atoms with Crippen LogP contribution < -0.4 is 10.1 Å². The Morgan fingerprint density at radius 1 is 1.33 bits per heavy atom. The zero-order valence-corrected chi connectivity index (χ0v) is 12.4. The molecule has 0 radical (unpaired) electrons. The third-order valence-corrected chi connectivity index (χ3v) is 2.98. The molecule has 0 atom stereocenters. The first kappa shape index (κ1) is 15.3. The molecular weight excluding hydrogens is 246 g/mol. The van der Waals surface area contributed by atoms with Crippen molar-refractivity contribution in [3.05, 3.63) is 28.8 Å². The van der Waals surface area contributed by atoms with Crippen molar-refractivity contribution in [3.8, 4) is 5.75 Å². The van der Waals surface area contributed by atoms with E-state index in [0.29, 0.717) is 11.6 Å². The number of hydrogen-bond donors (Lipinski definition) is 1. The van der Waals surface area contributed by atoms with Crippen LogP contribution in [0.3, 0.4) is 0 Å². The lowest BCUT2D eigenvalue weighted by Gasteiger charge is -2.10. The van der Waals surface area contributed by atoms with Crippen LogP contribution in [0.15, 0.2) is 18.2 Å². The number of nitrogens with one attached hydrogen (secondary N) is 1. The van der Waals surface area contributed by atoms with Gasteiger partial charge in [-0.05, 0) is 43.0 Å². The zero-order chi connectivity index (χ0) is 13.4. The van der Waals surface area contributed by atoms with E-state index >= 15 is 0 Å². The van der Waals surface area contributed by atoms with E-state index in [1.165, 1.54) is 12.0 Å². The van der Waals surface area contributed by atoms with Gasteiger partial charge in [-0.3, -0.25) is 0 Å². The summed E-state index contributed by atoms with van der Waals surface area (Å²) in [5, 5.41) is 4.12. The Hall–Kier alpha value is -0.730. The molecule has 0 fully saturated rings. The summed E-state index contributed by atoms with van der Waals surface area (Å²) >= 11 is 6.18. The molecule has 1 rings (SSSR count). The Bertz CT molecular complexity index is 352. The molecule has 0 aromatic heterocycles. The summed E-state index contributed by atoms with van der Waals surface area (Å²) in [6, 6.07) is 6.01. The summed E-state index contributed by atoms with van der Waals surface area (Å²) in [5.41, 5.74) is 1.20. The predicted octanol–water partition coefficient (Wildman–Crippen LogP) is 4.26. The SMILES string of the molecule is CCCOc1ccc(CNCCC(C)C)cc1Cl. The molecule has 0 aliphatic carbocycles. The Balaban J connectivity index is 2.41. The molecule has 0 heterocycles. The van der Waals surface area contributed by atoms with E-state index in [1.54, 1.807) is 0 Å². The van der Waals surface area contributed by atoms with Gasteiger partial charge in [0.1, 0.15) is 5.75 Å². The molecule has 18 heavy (non-hydrogen) atoms. The van der Waals surface area contributed by atoms with E-state index in [4.69, 9.17) is 16.3 Å². The first-order valence-electron chi connectivity index (χ1n) is 6.75. The van der Waals surface area contributed by atoms with E-state index in [2.05, 4.69) is 32.2 Å². The number of ether oxygens (including phenoxy) is 1. The van der Waals surface area contributed by atoms with Crippen LogP contribution in [0.5, 0.6) is 5.75 Å². The van der Waals surface area contributed by atoms with Crippen LogP contribution in [-0.4, -0.2) is 13.2 Å². The molecule has 0 aliphatic heterocycles. The predicted molar refractivity (Wildman–Crippen MR) is 78.4 cm³/mol. The van der Waals surface area contributed by atoms with Crippen LogP contribution in [0.1, 0.15) is 39.2 Å². The van der Waals surface area contributed by atoms with Gasteiger partial charge in [0.15, 0.2) is 0 Å². The van der Waals surface area contributed by atoms with Crippen molar-refractivity contribution in [2.45, 2.75) is 40.2 Å². The van der Waals surface area contributed by atoms with Gasteiger partial charge in [-0.1, -0.05) is 38.4 Å². The van der Waals surface area contributed by atoms with Crippen molar-refractivity contribution < 1.29 is 4.74 Å². The topological polar surface area (TPSA) is 21.3 Å². The van der Waals surface area contributed by atoms with E-state index in [-0.39, 0.29) is 0 Å². The highest BCUT2D eigenvalue weighted by molar-refractivity contribution is 6.32. The molecule has 2 nitrogen and oxygen atoms in total. The minimum Gasteiger partial charge on any atom is -0.492 e. The lowest BCUT2D eigenvalue weighted by Crippen LogP contribution is -2.16. The van der Waals surface area contributed by atoms with Gasteiger partial charge in [0.05, 0.1) is 11.6 Å². The standard InChI is InChI=1S/C15H24ClNO/c1-4-9-18-15-6-5-13(10-14(15)16)11-17-8-7-12(2)3/h5-6,10,12,17H,4,7-9,11H2,1-3H3. The molecule has 1 aromatic carbocycles. The smallest absolute Gasteiger partial charge is 0.137 e. The van der Waals surface area contributed by atoms with Crippen molar-refractivity contribution in [1.82, 2.24) is 5.32 Å². The van der Waals surface area contributed by atoms with Gasteiger partial charge in [-0.25, -0.2) is 0 Å². The summed E-state index contributed by atoms with van der Waals surface area (Å²) in [7, 11) is 0. The van der Waals surface area contributed by atoms with Crippen molar-refractivity contribution in [2.24, 2.45) is 5.92 Å². The van der Waals surface area contributed by atoms with E-state index < -0.39 is 0 Å². The summed E-state index contributed by atoms with van der Waals surface area (Å²) in [4.78, 5) is 0. The highest BCUT2D eigenvalue weighted by atomic mass is 35.5. The second-order valence-electron chi connectivity index (χ2n) is 4.97. The Labute approximate surface area is 116 Å². The molecule has 0 amide bonds. The molecule has 0 unspecified atom stereocenters. The minimum absolute atomic E-state index is 0.701. The van der Waals surface area contributed by atoms with Gasteiger partial charge >= 0.3 is 0 Å². The minimum atomic E-state index is 0.701. The fraction of sp³-hybridized carbons (Fsp3) is 0.600. The van der Waals surface area contributed by atoms with Crippen molar-refractivity contribution >= 4 is 11.6 Å². The second kappa shape index (κ2) is 8.39. The maximum absolute atomic E-state index is 6.18. The van der Waals surface area contributed by atoms with E-state index in [1.807, 2.05) is 12.1 Å². The van der Waals surface area contributed by atoms with Gasteiger partial charge in [0.25, 0.3) is 0 Å². The first-order chi connectivity index (χ1) is 8.63. The van der Waals surface area contributed by atoms with Gasteiger partial charge in [-0.15, -0.1) is 0 Å². The first-order valence-corrected chi connectivity index (χ1v) is 7.13. The third-order valence-electron chi connectivity index (χ3n) is 2.69. The van der Waals surface area contributed by atoms with Crippen LogP contribution in [0.25, 0.3) is 0 Å². The van der Waals surface area contributed by atoms with Crippen molar-refractivity contribution in [1.29, 1.82) is 0 Å². The summed E-state index contributed by atoms with van der Waals surface area (Å²) in [5.74, 6) is 1.52. The molecule has 0 saturated heterocycles. The Kier molecular flexibility index (Phi) is 7.14. The molecule has 0 spiro atoms. The molecule has 1 aromatic rings. The van der Waals surface area contributed by atoms with E-state index in [9.17, 15) is 0 Å². The molecule has 1 N–H and O–H groups in total. The largest absolute Gasteiger partial charge is 0.492 e. The summed E-state index contributed by atoms with van der Waals surface area (Å²) < 4.78 is 5.55. The molecule has 0 bridgehead atoms.